The molecule has 1 aromatic rings. The second-order valence-corrected chi connectivity index (χ2v) is 3.29. The smallest absolute Gasteiger partial charge is 0.241 e. The van der Waals surface area contributed by atoms with Crippen LogP contribution in [0.15, 0.2) is 18.2 Å². The molecule has 4 nitrogen and oxygen atoms in total. The van der Waals surface area contributed by atoms with Gasteiger partial charge in [0, 0.05) is 17.7 Å². The fourth-order valence-electron chi connectivity index (χ4n) is 1.62. The van der Waals surface area contributed by atoms with E-state index in [2.05, 4.69) is 5.32 Å². The summed E-state index contributed by atoms with van der Waals surface area (Å²) in [7, 11) is 1.61. The first-order chi connectivity index (χ1) is 6.72. The minimum atomic E-state index is -0.473. The second-order valence-electron chi connectivity index (χ2n) is 3.29. The Bertz CT molecular complexity index is 376. The molecular formula is C10H12N2O2. The fourth-order valence-corrected chi connectivity index (χ4v) is 1.62. The van der Waals surface area contributed by atoms with Crippen molar-refractivity contribution in [2.75, 3.05) is 12.4 Å². The molecule has 1 aromatic carbocycles. The SMILES string of the molecule is COc1cccc2c1C[C@H](N)C(=O)N2. The number of methoxy groups -OCH3 is 1. The van der Waals surface area contributed by atoms with Crippen molar-refractivity contribution in [2.45, 2.75) is 12.5 Å². The van der Waals surface area contributed by atoms with Gasteiger partial charge in [-0.3, -0.25) is 4.79 Å². The Hall–Kier alpha value is -1.55. The molecule has 0 saturated heterocycles. The first kappa shape index (κ1) is 9.02. The molecule has 1 atom stereocenters. The molecule has 0 radical (unpaired) electrons. The van der Waals surface area contributed by atoms with E-state index in [4.69, 9.17) is 10.5 Å². The zero-order valence-corrected chi connectivity index (χ0v) is 7.91. The molecule has 0 aliphatic carbocycles. The van der Waals surface area contributed by atoms with Crippen LogP contribution >= 0.6 is 0 Å². The molecule has 0 fully saturated rings. The first-order valence-electron chi connectivity index (χ1n) is 4.44. The maximum absolute atomic E-state index is 11.3. The lowest BCUT2D eigenvalue weighted by molar-refractivity contribution is -0.117. The van der Waals surface area contributed by atoms with Gasteiger partial charge in [-0.25, -0.2) is 0 Å². The lowest BCUT2D eigenvalue weighted by Crippen LogP contribution is -2.41. The van der Waals surface area contributed by atoms with Gasteiger partial charge in [0.1, 0.15) is 5.75 Å². The van der Waals surface area contributed by atoms with E-state index in [1.807, 2.05) is 18.2 Å². The quantitative estimate of drug-likeness (QED) is 0.681. The number of hydrogen-bond donors (Lipinski definition) is 2. The molecule has 1 amide bonds. The Balaban J connectivity index is 2.46. The summed E-state index contributed by atoms with van der Waals surface area (Å²) < 4.78 is 5.19. The summed E-state index contributed by atoms with van der Waals surface area (Å²) in [4.78, 5) is 11.3. The zero-order valence-electron chi connectivity index (χ0n) is 7.91. The van der Waals surface area contributed by atoms with Gasteiger partial charge in [-0.1, -0.05) is 6.07 Å². The summed E-state index contributed by atoms with van der Waals surface area (Å²) in [6, 6.07) is 5.08. The van der Waals surface area contributed by atoms with Crippen LogP contribution in [0.1, 0.15) is 5.56 Å². The summed E-state index contributed by atoms with van der Waals surface area (Å²) in [5.74, 6) is 0.642. The Morgan fingerprint density at radius 2 is 2.36 bits per heavy atom. The molecule has 1 heterocycles. The van der Waals surface area contributed by atoms with Crippen molar-refractivity contribution >= 4 is 11.6 Å². The highest BCUT2D eigenvalue weighted by molar-refractivity contribution is 5.98. The van der Waals surface area contributed by atoms with Crippen LogP contribution in [-0.4, -0.2) is 19.1 Å². The number of carbonyl (C=O) groups excluding carboxylic acids is 1. The number of ether oxygens (including phenoxy) is 1. The molecule has 3 N–H and O–H groups in total. The summed E-state index contributed by atoms with van der Waals surface area (Å²) >= 11 is 0. The van der Waals surface area contributed by atoms with Crippen molar-refractivity contribution in [3.63, 3.8) is 0 Å². The van der Waals surface area contributed by atoms with Gasteiger partial charge in [0.05, 0.1) is 13.2 Å². The van der Waals surface area contributed by atoms with E-state index < -0.39 is 6.04 Å². The van der Waals surface area contributed by atoms with Gasteiger partial charge in [0.15, 0.2) is 0 Å². The number of fused-ring (bicyclic) bond motifs is 1. The highest BCUT2D eigenvalue weighted by Crippen LogP contribution is 2.30. The maximum Gasteiger partial charge on any atom is 0.241 e. The summed E-state index contributed by atoms with van der Waals surface area (Å²) in [5.41, 5.74) is 7.43. The predicted octanol–water partition coefficient (Wildman–Crippen LogP) is 0.517. The third kappa shape index (κ3) is 1.33. The van der Waals surface area contributed by atoms with E-state index in [0.717, 1.165) is 17.0 Å². The minimum absolute atomic E-state index is 0.134. The van der Waals surface area contributed by atoms with Crippen molar-refractivity contribution in [2.24, 2.45) is 5.73 Å². The van der Waals surface area contributed by atoms with E-state index in [-0.39, 0.29) is 5.91 Å². The van der Waals surface area contributed by atoms with Gasteiger partial charge in [-0.2, -0.15) is 0 Å². The van der Waals surface area contributed by atoms with Crippen molar-refractivity contribution < 1.29 is 9.53 Å². The van der Waals surface area contributed by atoms with Gasteiger partial charge in [0.25, 0.3) is 0 Å². The average Bonchev–Trinajstić information content (AvgIpc) is 2.19. The highest BCUT2D eigenvalue weighted by atomic mass is 16.5. The molecular weight excluding hydrogens is 180 g/mol. The number of amides is 1. The van der Waals surface area contributed by atoms with Crippen LogP contribution in [0, 0.1) is 0 Å². The van der Waals surface area contributed by atoms with E-state index >= 15 is 0 Å². The number of benzene rings is 1. The summed E-state index contributed by atoms with van der Waals surface area (Å²) in [6.07, 6.45) is 0.533. The molecule has 0 unspecified atom stereocenters. The number of nitrogens with one attached hydrogen (secondary N) is 1. The van der Waals surface area contributed by atoms with E-state index in [1.54, 1.807) is 7.11 Å². The molecule has 74 valence electrons. The lowest BCUT2D eigenvalue weighted by Gasteiger charge is -2.23. The highest BCUT2D eigenvalue weighted by Gasteiger charge is 2.24. The van der Waals surface area contributed by atoms with E-state index in [0.29, 0.717) is 6.42 Å². The van der Waals surface area contributed by atoms with Crippen LogP contribution in [0.25, 0.3) is 0 Å². The van der Waals surface area contributed by atoms with Gasteiger partial charge >= 0.3 is 0 Å². The van der Waals surface area contributed by atoms with Crippen LogP contribution in [-0.2, 0) is 11.2 Å². The molecule has 0 saturated carbocycles. The van der Waals surface area contributed by atoms with Gasteiger partial charge in [0.2, 0.25) is 5.91 Å². The molecule has 0 aromatic heterocycles. The fraction of sp³-hybridized carbons (Fsp3) is 0.300. The van der Waals surface area contributed by atoms with Gasteiger partial charge in [-0.15, -0.1) is 0 Å². The third-order valence-electron chi connectivity index (χ3n) is 2.37. The van der Waals surface area contributed by atoms with Crippen LogP contribution in [0.5, 0.6) is 5.75 Å². The monoisotopic (exact) mass is 192 g/mol. The van der Waals surface area contributed by atoms with Crippen molar-refractivity contribution in [1.82, 2.24) is 0 Å². The predicted molar refractivity (Wildman–Crippen MR) is 53.3 cm³/mol. The van der Waals surface area contributed by atoms with E-state index in [9.17, 15) is 4.79 Å². The van der Waals surface area contributed by atoms with Crippen molar-refractivity contribution in [1.29, 1.82) is 0 Å². The number of nitrogens with two attached hydrogens (primary N) is 1. The van der Waals surface area contributed by atoms with Gasteiger partial charge in [-0.05, 0) is 12.1 Å². The standard InChI is InChI=1S/C10H12N2O2/c1-14-9-4-2-3-8-6(9)5-7(11)10(13)12-8/h2-4,7H,5,11H2,1H3,(H,12,13)/t7-/m0/s1. The summed E-state index contributed by atoms with van der Waals surface area (Å²) in [6.45, 7) is 0. The number of hydrogen-bond acceptors (Lipinski definition) is 3. The van der Waals surface area contributed by atoms with E-state index in [1.165, 1.54) is 0 Å². The Morgan fingerprint density at radius 3 is 3.07 bits per heavy atom. The molecule has 2 rings (SSSR count). The van der Waals surface area contributed by atoms with Crippen molar-refractivity contribution in [3.05, 3.63) is 23.8 Å². The van der Waals surface area contributed by atoms with Crippen LogP contribution < -0.4 is 15.8 Å². The largest absolute Gasteiger partial charge is 0.496 e. The van der Waals surface area contributed by atoms with Crippen molar-refractivity contribution in [3.8, 4) is 5.75 Å². The number of anilines is 1. The maximum atomic E-state index is 11.3. The minimum Gasteiger partial charge on any atom is -0.496 e. The number of rotatable bonds is 1. The second kappa shape index (κ2) is 3.31. The summed E-state index contributed by atoms with van der Waals surface area (Å²) in [5, 5.41) is 2.74. The zero-order chi connectivity index (χ0) is 10.1. The Labute approximate surface area is 82.1 Å². The number of carbonyl (C=O) groups is 1. The van der Waals surface area contributed by atoms with Gasteiger partial charge < -0.3 is 15.8 Å². The van der Waals surface area contributed by atoms with Crippen LogP contribution in [0.4, 0.5) is 5.69 Å². The molecule has 0 bridgehead atoms. The Morgan fingerprint density at radius 1 is 1.57 bits per heavy atom. The molecule has 1 aliphatic rings. The topological polar surface area (TPSA) is 64.3 Å². The lowest BCUT2D eigenvalue weighted by atomic mass is 9.99. The normalized spacial score (nSPS) is 19.9. The molecule has 0 spiro atoms. The Kier molecular flexibility index (Phi) is 2.13. The first-order valence-corrected chi connectivity index (χ1v) is 4.44. The average molecular weight is 192 g/mol. The molecule has 4 heteroatoms. The van der Waals surface area contributed by atoms with Crippen LogP contribution in [0.3, 0.4) is 0 Å². The molecule has 1 aliphatic heterocycles. The molecule has 14 heavy (non-hydrogen) atoms. The van der Waals surface area contributed by atoms with Crippen LogP contribution in [0.2, 0.25) is 0 Å². The third-order valence-corrected chi connectivity index (χ3v) is 2.37.